The molecule has 0 aromatic carbocycles. The van der Waals surface area contributed by atoms with Crippen LogP contribution >= 0.6 is 22.7 Å². The lowest BCUT2D eigenvalue weighted by Crippen LogP contribution is -2.12. The van der Waals surface area contributed by atoms with Gasteiger partial charge in [0, 0.05) is 47.9 Å². The Morgan fingerprint density at radius 1 is 1.26 bits per heavy atom. The first kappa shape index (κ1) is 15.6. The zero-order valence-corrected chi connectivity index (χ0v) is 14.2. The average molecular weight is 346 g/mol. The maximum absolute atomic E-state index is 11.1. The number of thiophene rings is 1. The molecular weight excluding hydrogens is 332 g/mol. The number of carbonyl (C=O) groups is 1. The molecule has 118 valence electrons. The highest BCUT2D eigenvalue weighted by Gasteiger charge is 2.17. The summed E-state index contributed by atoms with van der Waals surface area (Å²) in [5.41, 5.74) is 2.46. The van der Waals surface area contributed by atoms with E-state index in [1.54, 1.807) is 23.7 Å². The normalized spacial score (nSPS) is 10.7. The van der Waals surface area contributed by atoms with Crippen molar-refractivity contribution in [1.29, 1.82) is 0 Å². The Kier molecular flexibility index (Phi) is 4.35. The number of anilines is 1. The van der Waals surface area contributed by atoms with Crippen LogP contribution in [0.15, 0.2) is 29.2 Å². The molecule has 1 N–H and O–H groups in total. The van der Waals surface area contributed by atoms with E-state index in [4.69, 9.17) is 5.11 Å². The zero-order chi connectivity index (χ0) is 16.4. The molecule has 0 radical (unpaired) electrons. The van der Waals surface area contributed by atoms with Gasteiger partial charge in [-0.1, -0.05) is 0 Å². The van der Waals surface area contributed by atoms with Gasteiger partial charge >= 0.3 is 5.97 Å². The van der Waals surface area contributed by atoms with Crippen molar-refractivity contribution < 1.29 is 9.90 Å². The van der Waals surface area contributed by atoms with Crippen LogP contribution in [0.3, 0.4) is 0 Å². The molecule has 0 saturated carbocycles. The lowest BCUT2D eigenvalue weighted by molar-refractivity contribution is -0.136. The predicted molar refractivity (Wildman–Crippen MR) is 92.1 cm³/mol. The third-order valence-corrected chi connectivity index (χ3v) is 4.88. The lowest BCUT2D eigenvalue weighted by atomic mass is 10.2. The number of nitrogens with zero attached hydrogens (tertiary/aromatic N) is 4. The molecule has 8 heteroatoms. The second kappa shape index (κ2) is 6.43. The Bertz CT molecular complexity index is 811. The number of aromatic nitrogens is 3. The number of thiazole rings is 1. The van der Waals surface area contributed by atoms with Gasteiger partial charge in [0.15, 0.2) is 0 Å². The van der Waals surface area contributed by atoms with Crippen LogP contribution in [0.1, 0.15) is 4.88 Å². The smallest absolute Gasteiger partial charge is 0.308 e. The average Bonchev–Trinajstić information content (AvgIpc) is 3.16. The molecule has 3 rings (SSSR count). The van der Waals surface area contributed by atoms with E-state index in [2.05, 4.69) is 15.0 Å². The highest BCUT2D eigenvalue weighted by atomic mass is 32.1. The molecule has 0 aliphatic rings. The number of carboxylic acid groups (broad SMARTS) is 1. The summed E-state index contributed by atoms with van der Waals surface area (Å²) in [7, 11) is 3.75. The Morgan fingerprint density at radius 3 is 2.57 bits per heavy atom. The van der Waals surface area contributed by atoms with Gasteiger partial charge in [0.05, 0.1) is 12.1 Å². The minimum Gasteiger partial charge on any atom is -0.481 e. The summed E-state index contributed by atoms with van der Waals surface area (Å²) in [5, 5.41) is 13.8. The fraction of sp³-hybridized carbons (Fsp3) is 0.200. The predicted octanol–water partition coefficient (Wildman–Crippen LogP) is 3.02. The van der Waals surface area contributed by atoms with Crippen molar-refractivity contribution in [1.82, 2.24) is 15.0 Å². The summed E-state index contributed by atoms with van der Waals surface area (Å²) >= 11 is 2.93. The third kappa shape index (κ3) is 3.38. The fourth-order valence-electron chi connectivity index (χ4n) is 2.02. The van der Waals surface area contributed by atoms with Crippen molar-refractivity contribution >= 4 is 34.6 Å². The molecule has 0 aliphatic heterocycles. The summed E-state index contributed by atoms with van der Waals surface area (Å²) < 4.78 is 0. The molecule has 0 fully saturated rings. The molecule has 23 heavy (non-hydrogen) atoms. The largest absolute Gasteiger partial charge is 0.481 e. The maximum Gasteiger partial charge on any atom is 0.308 e. The Balaban J connectivity index is 2.01. The molecule has 3 heterocycles. The molecule has 6 nitrogen and oxygen atoms in total. The fourth-order valence-corrected chi connectivity index (χ4v) is 3.71. The van der Waals surface area contributed by atoms with Crippen LogP contribution in [0, 0.1) is 0 Å². The molecule has 3 aromatic rings. The minimum absolute atomic E-state index is 0.0422. The quantitative estimate of drug-likeness (QED) is 0.765. The maximum atomic E-state index is 11.1. The topological polar surface area (TPSA) is 79.2 Å². The van der Waals surface area contributed by atoms with Crippen LogP contribution in [-0.2, 0) is 11.2 Å². The van der Waals surface area contributed by atoms with E-state index in [-0.39, 0.29) is 6.42 Å². The second-order valence-electron chi connectivity index (χ2n) is 5.04. The van der Waals surface area contributed by atoms with Crippen LogP contribution < -0.4 is 4.90 Å². The number of hydrogen-bond acceptors (Lipinski definition) is 7. The lowest BCUT2D eigenvalue weighted by Gasteiger charge is -2.08. The molecule has 0 bridgehead atoms. The van der Waals surface area contributed by atoms with Crippen molar-refractivity contribution in [2.24, 2.45) is 0 Å². The third-order valence-electron chi connectivity index (χ3n) is 3.09. The van der Waals surface area contributed by atoms with Crippen molar-refractivity contribution in [3.8, 4) is 21.8 Å². The molecular formula is C15H14N4O2S2. The van der Waals surface area contributed by atoms with Crippen molar-refractivity contribution in [2.45, 2.75) is 6.42 Å². The zero-order valence-electron chi connectivity index (χ0n) is 12.6. The first-order valence-electron chi connectivity index (χ1n) is 6.78. The van der Waals surface area contributed by atoms with Gasteiger partial charge in [-0.05, 0) is 11.4 Å². The van der Waals surface area contributed by atoms with Crippen LogP contribution in [0.2, 0.25) is 0 Å². The summed E-state index contributed by atoms with van der Waals surface area (Å²) in [4.78, 5) is 26.9. The van der Waals surface area contributed by atoms with Gasteiger partial charge in [0.25, 0.3) is 0 Å². The summed E-state index contributed by atoms with van der Waals surface area (Å²) in [5.74, 6) is -0.245. The van der Waals surface area contributed by atoms with Gasteiger partial charge in [-0.3, -0.25) is 4.79 Å². The van der Waals surface area contributed by atoms with E-state index < -0.39 is 5.97 Å². The molecule has 0 amide bonds. The molecule has 3 aromatic heterocycles. The van der Waals surface area contributed by atoms with E-state index in [9.17, 15) is 4.79 Å². The number of aliphatic carboxylic acids is 1. The monoisotopic (exact) mass is 346 g/mol. The van der Waals surface area contributed by atoms with E-state index >= 15 is 0 Å². The first-order valence-corrected chi connectivity index (χ1v) is 8.54. The number of carboxylic acids is 1. The highest BCUT2D eigenvalue weighted by Crippen LogP contribution is 2.34. The van der Waals surface area contributed by atoms with Crippen molar-refractivity contribution in [3.63, 3.8) is 0 Å². The second-order valence-corrected chi connectivity index (χ2v) is 6.90. The van der Waals surface area contributed by atoms with E-state index in [0.29, 0.717) is 5.95 Å². The standard InChI is InChI=1S/C15H14N4O2S2/c1-19(2)15-16-6-10(7-17-15)14-18-13(9-3-4-22-8-9)11(23-14)5-12(20)21/h3-4,6-8H,5H2,1-2H3,(H,20,21). The molecule has 0 spiro atoms. The van der Waals surface area contributed by atoms with E-state index in [0.717, 1.165) is 26.7 Å². The van der Waals surface area contributed by atoms with E-state index in [1.165, 1.54) is 11.3 Å². The van der Waals surface area contributed by atoms with Crippen LogP contribution in [-0.4, -0.2) is 40.1 Å². The van der Waals surface area contributed by atoms with Gasteiger partial charge in [0.2, 0.25) is 5.95 Å². The van der Waals surface area contributed by atoms with Crippen LogP contribution in [0.5, 0.6) is 0 Å². The van der Waals surface area contributed by atoms with Gasteiger partial charge in [-0.15, -0.1) is 11.3 Å². The van der Waals surface area contributed by atoms with E-state index in [1.807, 2.05) is 35.8 Å². The molecule has 0 saturated heterocycles. The Hall–Kier alpha value is -2.32. The van der Waals surface area contributed by atoms with Crippen molar-refractivity contribution in [3.05, 3.63) is 34.1 Å². The first-order chi connectivity index (χ1) is 11.0. The SMILES string of the molecule is CN(C)c1ncc(-c2nc(-c3ccsc3)c(CC(=O)O)s2)cn1. The molecule has 0 atom stereocenters. The van der Waals surface area contributed by atoms with Gasteiger partial charge in [-0.2, -0.15) is 11.3 Å². The van der Waals surface area contributed by atoms with Crippen LogP contribution in [0.4, 0.5) is 5.95 Å². The van der Waals surface area contributed by atoms with Crippen molar-refractivity contribution in [2.75, 3.05) is 19.0 Å². The van der Waals surface area contributed by atoms with Gasteiger partial charge < -0.3 is 10.0 Å². The minimum atomic E-state index is -0.865. The number of hydrogen-bond donors (Lipinski definition) is 1. The Morgan fingerprint density at radius 2 is 2.00 bits per heavy atom. The summed E-state index contributed by atoms with van der Waals surface area (Å²) in [6, 6.07) is 1.94. The summed E-state index contributed by atoms with van der Waals surface area (Å²) in [6.07, 6.45) is 3.38. The van der Waals surface area contributed by atoms with Crippen LogP contribution in [0.25, 0.3) is 21.8 Å². The highest BCUT2D eigenvalue weighted by molar-refractivity contribution is 7.15. The van der Waals surface area contributed by atoms with Gasteiger partial charge in [-0.25, -0.2) is 15.0 Å². The molecule has 0 aliphatic carbocycles. The number of rotatable bonds is 5. The Labute approximate surface area is 141 Å². The summed E-state index contributed by atoms with van der Waals surface area (Å²) in [6.45, 7) is 0. The van der Waals surface area contributed by atoms with Gasteiger partial charge in [0.1, 0.15) is 5.01 Å². The molecule has 0 unspecified atom stereocenters.